The van der Waals surface area contributed by atoms with Crippen molar-refractivity contribution < 1.29 is 9.53 Å². The van der Waals surface area contributed by atoms with E-state index in [0.29, 0.717) is 6.54 Å². The van der Waals surface area contributed by atoms with Gasteiger partial charge in [0.2, 0.25) is 5.91 Å². The minimum atomic E-state index is -0.0860. The molecule has 1 unspecified atom stereocenters. The second-order valence-electron chi connectivity index (χ2n) is 7.21. The summed E-state index contributed by atoms with van der Waals surface area (Å²) >= 11 is 0. The minimum absolute atomic E-state index is 0.0173. The number of hydrogen-bond acceptors (Lipinski definition) is 5. The molecular formula is C23H21N5O2. The lowest BCUT2D eigenvalue weighted by Gasteiger charge is -2.22. The van der Waals surface area contributed by atoms with Gasteiger partial charge >= 0.3 is 0 Å². The maximum atomic E-state index is 13.2. The molecule has 150 valence electrons. The average molecular weight is 399 g/mol. The number of ether oxygens (including phenoxy) is 1. The number of aliphatic imine (C=N–C) groups is 1. The van der Waals surface area contributed by atoms with Gasteiger partial charge in [-0.3, -0.25) is 9.79 Å². The summed E-state index contributed by atoms with van der Waals surface area (Å²) in [5.74, 6) is 0.759. The number of nitrogens with one attached hydrogen (secondary N) is 1. The largest absolute Gasteiger partial charge is 0.496 e. The fourth-order valence-electron chi connectivity index (χ4n) is 3.87. The lowest BCUT2D eigenvalue weighted by Crippen LogP contribution is -2.39. The van der Waals surface area contributed by atoms with Crippen LogP contribution in [0.3, 0.4) is 0 Å². The third-order valence-corrected chi connectivity index (χ3v) is 5.33. The molecule has 7 heteroatoms. The maximum Gasteiger partial charge on any atom is 0.247 e. The molecule has 1 atom stereocenters. The molecule has 0 spiro atoms. The minimum Gasteiger partial charge on any atom is -0.496 e. The Morgan fingerprint density at radius 1 is 1.20 bits per heavy atom. The van der Waals surface area contributed by atoms with E-state index in [1.165, 1.54) is 0 Å². The van der Waals surface area contributed by atoms with Crippen LogP contribution in [0.15, 0.2) is 78.3 Å². The first kappa shape index (κ1) is 18.2. The van der Waals surface area contributed by atoms with E-state index in [-0.39, 0.29) is 18.5 Å². The second kappa shape index (κ2) is 7.51. The zero-order chi connectivity index (χ0) is 20.5. The number of para-hydroxylation sites is 3. The van der Waals surface area contributed by atoms with Gasteiger partial charge in [-0.1, -0.05) is 24.3 Å². The number of carbonyl (C=O) groups excluding carboxylic acids is 1. The number of carbonyl (C=O) groups is 1. The van der Waals surface area contributed by atoms with Crippen LogP contribution in [0.2, 0.25) is 0 Å². The molecule has 5 rings (SSSR count). The molecule has 2 aliphatic heterocycles. The number of nitrogens with zero attached hydrogens (tertiary/aromatic N) is 4. The van der Waals surface area contributed by atoms with Crippen molar-refractivity contribution in [2.24, 2.45) is 4.99 Å². The van der Waals surface area contributed by atoms with Crippen molar-refractivity contribution in [3.05, 3.63) is 78.9 Å². The number of amides is 1. The quantitative estimate of drug-likeness (QED) is 0.731. The third kappa shape index (κ3) is 3.24. The van der Waals surface area contributed by atoms with Gasteiger partial charge in [0.1, 0.15) is 12.3 Å². The Labute approximate surface area is 174 Å². The van der Waals surface area contributed by atoms with Gasteiger partial charge in [-0.25, -0.2) is 4.98 Å². The van der Waals surface area contributed by atoms with Gasteiger partial charge in [0.25, 0.3) is 0 Å². The summed E-state index contributed by atoms with van der Waals surface area (Å²) in [6.07, 6.45) is 7.20. The Morgan fingerprint density at radius 3 is 2.87 bits per heavy atom. The monoisotopic (exact) mass is 399 g/mol. The lowest BCUT2D eigenvalue weighted by molar-refractivity contribution is -0.119. The third-order valence-electron chi connectivity index (χ3n) is 5.33. The molecule has 2 aliphatic rings. The van der Waals surface area contributed by atoms with Crippen LogP contribution in [-0.2, 0) is 11.3 Å². The standard InChI is InChI=1S/C23H21N5O2/c1-30-22-9-5-2-6-16(22)18-12-19-20(26-18)13-28(21-8-4-3-7-17(21)25-19)23(29)14-27-11-10-24-15-27/h2-12,15,19,25H,13-14H2,1H3. The molecule has 30 heavy (non-hydrogen) atoms. The van der Waals surface area contributed by atoms with Gasteiger partial charge in [-0.2, -0.15) is 0 Å². The lowest BCUT2D eigenvalue weighted by atomic mass is 10.1. The topological polar surface area (TPSA) is 71.8 Å². The van der Waals surface area contributed by atoms with E-state index in [1.807, 2.05) is 48.5 Å². The first-order valence-electron chi connectivity index (χ1n) is 9.77. The van der Waals surface area contributed by atoms with E-state index in [0.717, 1.165) is 34.1 Å². The van der Waals surface area contributed by atoms with Crippen molar-refractivity contribution in [3.63, 3.8) is 0 Å². The summed E-state index contributed by atoms with van der Waals surface area (Å²) in [5, 5.41) is 3.54. The number of benzene rings is 2. The van der Waals surface area contributed by atoms with Crippen molar-refractivity contribution >= 4 is 28.7 Å². The summed E-state index contributed by atoms with van der Waals surface area (Å²) in [7, 11) is 1.66. The van der Waals surface area contributed by atoms with Crippen LogP contribution in [-0.4, -0.2) is 40.9 Å². The zero-order valence-electron chi connectivity index (χ0n) is 16.5. The number of imidazole rings is 1. The van der Waals surface area contributed by atoms with E-state index in [9.17, 15) is 4.79 Å². The molecule has 0 aliphatic carbocycles. The summed E-state index contributed by atoms with van der Waals surface area (Å²) in [4.78, 5) is 23.9. The number of fused-ring (bicyclic) bond motifs is 2. The highest BCUT2D eigenvalue weighted by Crippen LogP contribution is 2.35. The molecule has 3 aromatic rings. The summed E-state index contributed by atoms with van der Waals surface area (Å²) in [5.41, 5.74) is 4.44. The van der Waals surface area contributed by atoms with E-state index < -0.39 is 0 Å². The Kier molecular flexibility index (Phi) is 4.55. The van der Waals surface area contributed by atoms with Crippen LogP contribution in [0.25, 0.3) is 5.70 Å². The number of anilines is 2. The smallest absolute Gasteiger partial charge is 0.247 e. The molecular weight excluding hydrogens is 378 g/mol. The fraction of sp³-hybridized carbons (Fsp3) is 0.174. The van der Waals surface area contributed by atoms with E-state index >= 15 is 0 Å². The van der Waals surface area contributed by atoms with Crippen molar-refractivity contribution in [2.45, 2.75) is 12.6 Å². The average Bonchev–Trinajstić information content (AvgIpc) is 3.39. The van der Waals surface area contributed by atoms with E-state index in [1.54, 1.807) is 35.3 Å². The molecule has 2 aromatic carbocycles. The van der Waals surface area contributed by atoms with Gasteiger partial charge in [0, 0.05) is 18.0 Å². The predicted octanol–water partition coefficient (Wildman–Crippen LogP) is 3.21. The van der Waals surface area contributed by atoms with E-state index in [2.05, 4.69) is 16.4 Å². The summed E-state index contributed by atoms with van der Waals surface area (Å²) in [6.45, 7) is 0.635. The molecule has 0 saturated heterocycles. The molecule has 0 bridgehead atoms. The van der Waals surface area contributed by atoms with E-state index in [4.69, 9.17) is 9.73 Å². The number of rotatable bonds is 4. The highest BCUT2D eigenvalue weighted by Gasteiger charge is 2.32. The highest BCUT2D eigenvalue weighted by molar-refractivity contribution is 6.11. The van der Waals surface area contributed by atoms with Crippen LogP contribution < -0.4 is 15.0 Å². The van der Waals surface area contributed by atoms with Crippen LogP contribution in [0.4, 0.5) is 11.4 Å². The van der Waals surface area contributed by atoms with Gasteiger partial charge in [0.05, 0.1) is 48.8 Å². The van der Waals surface area contributed by atoms with Crippen molar-refractivity contribution in [3.8, 4) is 5.75 Å². The molecule has 1 N–H and O–H groups in total. The normalized spacial score (nSPS) is 17.2. The number of hydrogen-bond donors (Lipinski definition) is 1. The summed E-state index contributed by atoms with van der Waals surface area (Å²) in [6, 6.07) is 15.6. The van der Waals surface area contributed by atoms with Gasteiger partial charge in [0.15, 0.2) is 0 Å². The highest BCUT2D eigenvalue weighted by atomic mass is 16.5. The molecule has 1 aromatic heterocycles. The van der Waals surface area contributed by atoms with Gasteiger partial charge in [-0.05, 0) is 30.3 Å². The van der Waals surface area contributed by atoms with Crippen LogP contribution in [0, 0.1) is 0 Å². The zero-order valence-corrected chi connectivity index (χ0v) is 16.5. The van der Waals surface area contributed by atoms with Gasteiger partial charge in [-0.15, -0.1) is 0 Å². The Hall–Kier alpha value is -3.87. The molecule has 1 amide bonds. The maximum absolute atomic E-state index is 13.2. The summed E-state index contributed by atoms with van der Waals surface area (Å²) < 4.78 is 7.28. The van der Waals surface area contributed by atoms with Crippen LogP contribution in [0.1, 0.15) is 5.56 Å². The molecule has 0 radical (unpaired) electrons. The van der Waals surface area contributed by atoms with Gasteiger partial charge < -0.3 is 19.5 Å². The van der Waals surface area contributed by atoms with Crippen molar-refractivity contribution in [1.29, 1.82) is 0 Å². The fourth-order valence-corrected chi connectivity index (χ4v) is 3.87. The SMILES string of the molecule is COc1ccccc1C1=CC2Nc3ccccc3N(C(=O)Cn3ccnc3)CC2=N1. The molecule has 3 heterocycles. The van der Waals surface area contributed by atoms with Crippen molar-refractivity contribution in [2.75, 3.05) is 23.9 Å². The first-order valence-corrected chi connectivity index (χ1v) is 9.77. The first-order chi connectivity index (χ1) is 14.7. The molecule has 0 saturated carbocycles. The predicted molar refractivity (Wildman–Crippen MR) is 117 cm³/mol. The number of methoxy groups -OCH3 is 1. The molecule has 0 fully saturated rings. The Bertz CT molecular complexity index is 1150. The van der Waals surface area contributed by atoms with Crippen LogP contribution in [0.5, 0.6) is 5.75 Å². The second-order valence-corrected chi connectivity index (χ2v) is 7.21. The number of aromatic nitrogens is 2. The molecule has 7 nitrogen and oxygen atoms in total. The Balaban J connectivity index is 1.51. The van der Waals surface area contributed by atoms with Crippen molar-refractivity contribution in [1.82, 2.24) is 9.55 Å². The Morgan fingerprint density at radius 2 is 2.03 bits per heavy atom. The van der Waals surface area contributed by atoms with Crippen LogP contribution >= 0.6 is 0 Å².